The number of aliphatic carboxylic acids is 2. The average Bonchev–Trinajstić information content (AvgIpc) is 3.22. The van der Waals surface area contributed by atoms with Crippen LogP contribution in [0.2, 0.25) is 0 Å². The van der Waals surface area contributed by atoms with Crippen molar-refractivity contribution in [3.63, 3.8) is 0 Å². The molecule has 2 saturated heterocycles. The number of aromatic nitrogens is 2. The van der Waals surface area contributed by atoms with Crippen LogP contribution in [-0.2, 0) is 9.59 Å². The number of thioether (sulfide) groups is 1. The zero-order valence-corrected chi connectivity index (χ0v) is 16.7. The monoisotopic (exact) mass is 419 g/mol. The Morgan fingerprint density at radius 1 is 1.22 bits per heavy atom. The van der Waals surface area contributed by atoms with E-state index in [0.717, 1.165) is 5.92 Å². The number of hydrogen-bond acceptors (Lipinski definition) is 9. The molecule has 0 aliphatic carbocycles. The van der Waals surface area contributed by atoms with Crippen LogP contribution in [0.4, 0.5) is 0 Å². The highest BCUT2D eigenvalue weighted by atomic mass is 32.2. The van der Waals surface area contributed by atoms with E-state index in [0.29, 0.717) is 5.92 Å². The molecule has 5 atom stereocenters. The first kappa shape index (κ1) is 22.0. The highest BCUT2D eigenvalue weighted by molar-refractivity contribution is 7.99. The van der Waals surface area contributed by atoms with E-state index >= 15 is 0 Å². The van der Waals surface area contributed by atoms with Crippen LogP contribution in [0.15, 0.2) is 5.03 Å². The van der Waals surface area contributed by atoms with Crippen LogP contribution >= 0.6 is 23.5 Å². The van der Waals surface area contributed by atoms with E-state index in [-0.39, 0.29) is 0 Å². The standard InChI is InChI=1S/C12H19N3S2.C4H6O6/c1-2-6-16-12-11(13-17-14-12)10-8-15-5-3-4-9(10)7-15;5-1(3(7)8)2(6)4(9)10/h9-10H,2-8H2,1H3;1-2,5-6H,(H,7,8)(H,9,10)/t9-,10+;1-,2-/m11/s1. The third kappa shape index (κ3) is 5.85. The van der Waals surface area contributed by atoms with Crippen LogP contribution < -0.4 is 0 Å². The first-order valence-electron chi connectivity index (χ1n) is 8.84. The maximum absolute atomic E-state index is 9.77. The Bertz CT molecular complexity index is 625. The van der Waals surface area contributed by atoms with Gasteiger partial charge in [-0.3, -0.25) is 0 Å². The smallest absolute Gasteiger partial charge is 0.335 e. The van der Waals surface area contributed by atoms with E-state index in [1.807, 2.05) is 11.8 Å². The Labute approximate surface area is 165 Å². The summed E-state index contributed by atoms with van der Waals surface area (Å²) in [5.41, 5.74) is 1.31. The van der Waals surface area contributed by atoms with Gasteiger partial charge in [-0.25, -0.2) is 9.59 Å². The van der Waals surface area contributed by atoms with Gasteiger partial charge in [0.15, 0.2) is 12.2 Å². The minimum Gasteiger partial charge on any atom is -0.479 e. The number of fused-ring (bicyclic) bond motifs is 2. The number of carbonyl (C=O) groups is 2. The summed E-state index contributed by atoms with van der Waals surface area (Å²) in [5, 5.41) is 33.7. The van der Waals surface area contributed by atoms with Crippen LogP contribution in [0, 0.1) is 5.92 Å². The highest BCUT2D eigenvalue weighted by Crippen LogP contribution is 2.41. The van der Waals surface area contributed by atoms with Crippen molar-refractivity contribution in [2.24, 2.45) is 5.92 Å². The molecule has 1 unspecified atom stereocenters. The Hall–Kier alpha value is -1.27. The largest absolute Gasteiger partial charge is 0.479 e. The van der Waals surface area contributed by atoms with Crippen LogP contribution in [0.25, 0.3) is 0 Å². The zero-order valence-electron chi connectivity index (χ0n) is 15.0. The summed E-state index contributed by atoms with van der Waals surface area (Å²) < 4.78 is 9.08. The summed E-state index contributed by atoms with van der Waals surface area (Å²) in [6, 6.07) is 0. The summed E-state index contributed by atoms with van der Waals surface area (Å²) in [4.78, 5) is 22.1. The lowest BCUT2D eigenvalue weighted by Gasteiger charge is -2.21. The molecule has 0 radical (unpaired) electrons. The molecular formula is C16H25N3O6S2. The minimum atomic E-state index is -2.27. The van der Waals surface area contributed by atoms with Gasteiger partial charge >= 0.3 is 11.9 Å². The molecule has 0 aromatic carbocycles. The topological polar surface area (TPSA) is 144 Å². The summed E-state index contributed by atoms with van der Waals surface area (Å²) in [5.74, 6) is -0.867. The molecule has 2 fully saturated rings. The molecule has 4 N–H and O–H groups in total. The number of nitrogens with zero attached hydrogens (tertiary/aromatic N) is 3. The number of carboxylic acid groups (broad SMARTS) is 2. The second-order valence-corrected chi connectivity index (χ2v) is 8.25. The van der Waals surface area contributed by atoms with Crippen LogP contribution in [0.5, 0.6) is 0 Å². The Morgan fingerprint density at radius 3 is 2.44 bits per heavy atom. The van der Waals surface area contributed by atoms with Crippen molar-refractivity contribution in [2.45, 2.75) is 49.3 Å². The number of carboxylic acids is 2. The zero-order chi connectivity index (χ0) is 20.0. The van der Waals surface area contributed by atoms with E-state index in [1.165, 1.54) is 67.1 Å². The lowest BCUT2D eigenvalue weighted by atomic mass is 9.89. The summed E-state index contributed by atoms with van der Waals surface area (Å²) >= 11 is 3.29. The Morgan fingerprint density at radius 2 is 1.89 bits per heavy atom. The van der Waals surface area contributed by atoms with Crippen molar-refractivity contribution >= 4 is 35.4 Å². The third-order valence-electron chi connectivity index (χ3n) is 4.65. The van der Waals surface area contributed by atoms with Crippen molar-refractivity contribution in [3.05, 3.63) is 5.69 Å². The number of piperidine rings is 1. The van der Waals surface area contributed by atoms with Gasteiger partial charge in [0.25, 0.3) is 0 Å². The van der Waals surface area contributed by atoms with Gasteiger partial charge < -0.3 is 25.3 Å². The van der Waals surface area contributed by atoms with Crippen molar-refractivity contribution < 1.29 is 30.0 Å². The molecule has 152 valence electrons. The number of hydrogen-bond donors (Lipinski definition) is 4. The van der Waals surface area contributed by atoms with Gasteiger partial charge in [0.1, 0.15) is 5.03 Å². The number of rotatable bonds is 7. The molecule has 9 nitrogen and oxygen atoms in total. The van der Waals surface area contributed by atoms with Gasteiger partial charge in [-0.2, -0.15) is 8.75 Å². The minimum absolute atomic E-state index is 0.663. The fourth-order valence-corrected chi connectivity index (χ4v) is 4.93. The summed E-state index contributed by atoms with van der Waals surface area (Å²) in [7, 11) is 0. The summed E-state index contributed by atoms with van der Waals surface area (Å²) in [6.45, 7) is 6.03. The molecule has 2 aliphatic heterocycles. The van der Waals surface area contributed by atoms with Crippen molar-refractivity contribution in [3.8, 4) is 0 Å². The molecule has 3 heterocycles. The van der Waals surface area contributed by atoms with E-state index in [9.17, 15) is 9.59 Å². The van der Waals surface area contributed by atoms with Crippen molar-refractivity contribution in [1.29, 1.82) is 0 Å². The van der Waals surface area contributed by atoms with E-state index in [2.05, 4.69) is 20.6 Å². The Kier molecular flexibility index (Phi) is 8.42. The first-order chi connectivity index (χ1) is 12.8. The van der Waals surface area contributed by atoms with Crippen LogP contribution in [0.1, 0.15) is 37.8 Å². The average molecular weight is 420 g/mol. The number of aliphatic hydroxyl groups excluding tert-OH is 2. The Balaban J connectivity index is 0.000000227. The van der Waals surface area contributed by atoms with Crippen molar-refractivity contribution in [2.75, 3.05) is 25.4 Å². The van der Waals surface area contributed by atoms with Gasteiger partial charge in [-0.1, -0.05) is 6.92 Å². The fourth-order valence-electron chi connectivity index (χ4n) is 3.31. The number of aliphatic hydroxyl groups is 2. The molecule has 2 bridgehead atoms. The van der Waals surface area contributed by atoms with Crippen LogP contribution in [-0.4, -0.2) is 83.6 Å². The van der Waals surface area contributed by atoms with Gasteiger partial charge in [0, 0.05) is 19.0 Å². The van der Waals surface area contributed by atoms with Gasteiger partial charge in [-0.15, -0.1) is 11.8 Å². The van der Waals surface area contributed by atoms with Gasteiger partial charge in [-0.05, 0) is 37.5 Å². The normalized spacial score (nSPS) is 26.0. The fraction of sp³-hybridized carbons (Fsp3) is 0.750. The van der Waals surface area contributed by atoms with E-state index < -0.39 is 24.1 Å². The van der Waals surface area contributed by atoms with Crippen LogP contribution in [0.3, 0.4) is 0 Å². The molecule has 27 heavy (non-hydrogen) atoms. The molecule has 11 heteroatoms. The van der Waals surface area contributed by atoms with Crippen molar-refractivity contribution in [1.82, 2.24) is 13.6 Å². The molecule has 3 rings (SSSR count). The molecule has 1 aromatic rings. The third-order valence-corrected chi connectivity index (χ3v) is 6.49. The second-order valence-electron chi connectivity index (χ2n) is 6.64. The lowest BCUT2D eigenvalue weighted by molar-refractivity contribution is -0.165. The van der Waals surface area contributed by atoms with Gasteiger partial charge in [0.05, 0.1) is 17.4 Å². The maximum atomic E-state index is 9.77. The molecular weight excluding hydrogens is 394 g/mol. The highest BCUT2D eigenvalue weighted by Gasteiger charge is 2.38. The van der Waals surface area contributed by atoms with E-state index in [4.69, 9.17) is 20.4 Å². The predicted octanol–water partition coefficient (Wildman–Crippen LogP) is 0.727. The van der Waals surface area contributed by atoms with E-state index in [1.54, 1.807) is 0 Å². The predicted molar refractivity (Wildman–Crippen MR) is 100 cm³/mol. The van der Waals surface area contributed by atoms with Gasteiger partial charge in [0.2, 0.25) is 0 Å². The lowest BCUT2D eigenvalue weighted by Crippen LogP contribution is -2.39. The SMILES string of the molecule is CCCSc1nsnc1[C@H]1CN2CCC[C@@H]1C2.O=C(O)[C@H](O)[C@@H](O)C(=O)O. The molecule has 0 spiro atoms. The molecule has 1 aromatic heterocycles. The molecule has 2 aliphatic rings. The molecule has 0 amide bonds. The summed E-state index contributed by atoms with van der Waals surface area (Å²) in [6.07, 6.45) is -0.566. The second kappa shape index (κ2) is 10.3. The quantitative estimate of drug-likeness (QED) is 0.467. The molecule has 0 saturated carbocycles. The first-order valence-corrected chi connectivity index (χ1v) is 10.6. The maximum Gasteiger partial charge on any atom is 0.335 e.